The van der Waals surface area contributed by atoms with Crippen molar-refractivity contribution in [3.05, 3.63) is 29.0 Å². The highest BCUT2D eigenvalue weighted by Crippen LogP contribution is 2.39. The monoisotopic (exact) mass is 449 g/mol. The van der Waals surface area contributed by atoms with Crippen molar-refractivity contribution in [3.8, 4) is 0 Å². The first kappa shape index (κ1) is 21.7. The molecule has 4 rings (SSSR count). The third kappa shape index (κ3) is 4.29. The number of hydrogen-bond acceptors (Lipinski definition) is 5. The van der Waals surface area contributed by atoms with Crippen LogP contribution in [0.15, 0.2) is 23.2 Å². The zero-order valence-electron chi connectivity index (χ0n) is 16.9. The first-order valence-corrected chi connectivity index (χ1v) is 10.9. The molecule has 1 heterocycles. The standard InChI is InChI=1S/C21H25ClFN5O3/c22-15-9-13(23)5-8-16(15)28-18(29)11-1-3-12(4-2-11)21(20(24)31)17(25-10-26-21)19(30)27-14-6-7-14/h5,8-9,11-12,14,26H,1-4,6-7,10H2,(H2,24,31)(H,27,30)(H,28,29). The van der Waals surface area contributed by atoms with E-state index >= 15 is 0 Å². The molecule has 3 aliphatic rings. The lowest BCUT2D eigenvalue weighted by Gasteiger charge is -2.39. The Morgan fingerprint density at radius 2 is 1.87 bits per heavy atom. The normalized spacial score (nSPS) is 28.0. The van der Waals surface area contributed by atoms with Crippen molar-refractivity contribution in [1.29, 1.82) is 0 Å². The lowest BCUT2D eigenvalue weighted by atomic mass is 9.69. The molecule has 3 amide bonds. The lowest BCUT2D eigenvalue weighted by molar-refractivity contribution is -0.126. The van der Waals surface area contributed by atoms with Crippen molar-refractivity contribution < 1.29 is 18.8 Å². The van der Waals surface area contributed by atoms with Gasteiger partial charge < -0.3 is 16.4 Å². The number of benzene rings is 1. The van der Waals surface area contributed by atoms with Gasteiger partial charge in [0.1, 0.15) is 17.1 Å². The van der Waals surface area contributed by atoms with Gasteiger partial charge in [-0.25, -0.2) is 4.39 Å². The molecule has 2 aliphatic carbocycles. The van der Waals surface area contributed by atoms with Gasteiger partial charge in [0.2, 0.25) is 11.8 Å². The van der Waals surface area contributed by atoms with Gasteiger partial charge in [-0.3, -0.25) is 24.7 Å². The Labute approximate surface area is 184 Å². The van der Waals surface area contributed by atoms with E-state index in [0.29, 0.717) is 31.4 Å². The fraction of sp³-hybridized carbons (Fsp3) is 0.524. The Kier molecular flexibility index (Phi) is 5.98. The summed E-state index contributed by atoms with van der Waals surface area (Å²) in [6.45, 7) is 0.153. The molecule has 0 radical (unpaired) electrons. The minimum atomic E-state index is -1.32. The van der Waals surface area contributed by atoms with Crippen LogP contribution in [0.5, 0.6) is 0 Å². The number of rotatable bonds is 6. The molecule has 1 atom stereocenters. The number of carbonyl (C=O) groups excluding carboxylic acids is 3. The number of aliphatic imine (C=N–C) groups is 1. The summed E-state index contributed by atoms with van der Waals surface area (Å²) in [7, 11) is 0. The molecule has 1 aromatic carbocycles. The molecule has 1 aliphatic heterocycles. The van der Waals surface area contributed by atoms with Crippen LogP contribution in [0, 0.1) is 17.7 Å². The van der Waals surface area contributed by atoms with Crippen molar-refractivity contribution in [1.82, 2.24) is 10.6 Å². The summed E-state index contributed by atoms with van der Waals surface area (Å²) in [6.07, 6.45) is 3.94. The second-order valence-corrected chi connectivity index (χ2v) is 8.83. The number of primary amides is 1. The fourth-order valence-electron chi connectivity index (χ4n) is 4.54. The predicted molar refractivity (Wildman–Crippen MR) is 114 cm³/mol. The van der Waals surface area contributed by atoms with Crippen LogP contribution in [-0.2, 0) is 14.4 Å². The molecule has 0 aromatic heterocycles. The number of nitrogens with zero attached hydrogens (tertiary/aromatic N) is 1. The topological polar surface area (TPSA) is 126 Å². The Morgan fingerprint density at radius 3 is 2.48 bits per heavy atom. The minimum absolute atomic E-state index is 0.132. The predicted octanol–water partition coefficient (Wildman–Crippen LogP) is 1.73. The second-order valence-electron chi connectivity index (χ2n) is 8.42. The number of nitrogens with one attached hydrogen (secondary N) is 3. The summed E-state index contributed by atoms with van der Waals surface area (Å²) in [6, 6.07) is 3.93. The van der Waals surface area contributed by atoms with Crippen LogP contribution >= 0.6 is 11.6 Å². The molecule has 8 nitrogen and oxygen atoms in total. The average Bonchev–Trinajstić information content (AvgIpc) is 3.43. The summed E-state index contributed by atoms with van der Waals surface area (Å²) in [5.74, 6) is -2.19. The van der Waals surface area contributed by atoms with Crippen LogP contribution in [-0.4, -0.2) is 41.7 Å². The van der Waals surface area contributed by atoms with Crippen LogP contribution in [0.1, 0.15) is 38.5 Å². The van der Waals surface area contributed by atoms with E-state index < -0.39 is 17.3 Å². The molecule has 0 saturated heterocycles. The van der Waals surface area contributed by atoms with Gasteiger partial charge in [0, 0.05) is 12.0 Å². The van der Waals surface area contributed by atoms with E-state index in [1.807, 2.05) is 0 Å². The maximum atomic E-state index is 13.2. The zero-order chi connectivity index (χ0) is 22.2. The highest BCUT2D eigenvalue weighted by molar-refractivity contribution is 6.47. The molecule has 1 unspecified atom stereocenters. The van der Waals surface area contributed by atoms with Crippen LogP contribution < -0.4 is 21.7 Å². The van der Waals surface area contributed by atoms with Crippen LogP contribution in [0.2, 0.25) is 5.02 Å². The summed E-state index contributed by atoms with van der Waals surface area (Å²) in [5, 5.41) is 8.83. The Bertz CT molecular complexity index is 943. The zero-order valence-corrected chi connectivity index (χ0v) is 17.7. The van der Waals surface area contributed by atoms with Crippen molar-refractivity contribution in [3.63, 3.8) is 0 Å². The van der Waals surface area contributed by atoms with Crippen molar-refractivity contribution in [2.75, 3.05) is 12.0 Å². The molecule has 2 saturated carbocycles. The number of hydrogen-bond donors (Lipinski definition) is 4. The van der Waals surface area contributed by atoms with Crippen molar-refractivity contribution >= 4 is 40.7 Å². The first-order chi connectivity index (χ1) is 14.8. The molecule has 0 bridgehead atoms. The highest BCUT2D eigenvalue weighted by atomic mass is 35.5. The Morgan fingerprint density at radius 1 is 1.16 bits per heavy atom. The molecule has 2 fully saturated rings. The molecule has 1 aromatic rings. The van der Waals surface area contributed by atoms with E-state index in [-0.39, 0.29) is 47.1 Å². The maximum absolute atomic E-state index is 13.2. The summed E-state index contributed by atoms with van der Waals surface area (Å²) < 4.78 is 13.2. The molecule has 166 valence electrons. The highest BCUT2D eigenvalue weighted by Gasteiger charge is 2.54. The van der Waals surface area contributed by atoms with Crippen LogP contribution in [0.3, 0.4) is 0 Å². The van der Waals surface area contributed by atoms with Gasteiger partial charge in [-0.05, 0) is 62.6 Å². The molecular formula is C21H25ClFN5O3. The van der Waals surface area contributed by atoms with E-state index in [4.69, 9.17) is 17.3 Å². The SMILES string of the molecule is NC(=O)C1(C2CCC(C(=O)Nc3ccc(F)cc3Cl)CC2)NCN=C1C(=O)NC1CC1. The molecule has 5 N–H and O–H groups in total. The van der Waals surface area contributed by atoms with Crippen LogP contribution in [0.25, 0.3) is 0 Å². The quantitative estimate of drug-likeness (QED) is 0.527. The van der Waals surface area contributed by atoms with Gasteiger partial charge >= 0.3 is 0 Å². The van der Waals surface area contributed by atoms with Gasteiger partial charge in [0.05, 0.1) is 17.4 Å². The van der Waals surface area contributed by atoms with E-state index in [9.17, 15) is 18.8 Å². The first-order valence-electron chi connectivity index (χ1n) is 10.5. The number of amides is 3. The number of halogens is 2. The molecule has 0 spiro atoms. The molecule has 10 heteroatoms. The largest absolute Gasteiger partial charge is 0.368 e. The summed E-state index contributed by atoms with van der Waals surface area (Å²) in [4.78, 5) is 42.2. The third-order valence-electron chi connectivity index (χ3n) is 6.38. The Balaban J connectivity index is 1.42. The van der Waals surface area contributed by atoms with Gasteiger partial charge in [-0.1, -0.05) is 11.6 Å². The van der Waals surface area contributed by atoms with Gasteiger partial charge in [0.25, 0.3) is 5.91 Å². The number of nitrogens with two attached hydrogens (primary N) is 1. The van der Waals surface area contributed by atoms with Gasteiger partial charge in [0.15, 0.2) is 0 Å². The van der Waals surface area contributed by atoms with E-state index in [1.54, 1.807) is 0 Å². The lowest BCUT2D eigenvalue weighted by Crippen LogP contribution is -2.66. The van der Waals surface area contributed by atoms with Crippen molar-refractivity contribution in [2.45, 2.75) is 50.1 Å². The van der Waals surface area contributed by atoms with Crippen LogP contribution in [0.4, 0.5) is 10.1 Å². The molecular weight excluding hydrogens is 425 g/mol. The number of carbonyl (C=O) groups is 3. The fourth-order valence-corrected chi connectivity index (χ4v) is 4.76. The van der Waals surface area contributed by atoms with Gasteiger partial charge in [-0.15, -0.1) is 0 Å². The van der Waals surface area contributed by atoms with E-state index in [0.717, 1.165) is 18.9 Å². The smallest absolute Gasteiger partial charge is 0.268 e. The van der Waals surface area contributed by atoms with E-state index in [1.165, 1.54) is 12.1 Å². The van der Waals surface area contributed by atoms with E-state index in [2.05, 4.69) is 20.9 Å². The molecule has 31 heavy (non-hydrogen) atoms. The Hall–Kier alpha value is -2.52. The van der Waals surface area contributed by atoms with Crippen molar-refractivity contribution in [2.24, 2.45) is 22.6 Å². The third-order valence-corrected chi connectivity index (χ3v) is 6.70. The number of anilines is 1. The summed E-state index contributed by atoms with van der Waals surface area (Å²) in [5.41, 5.74) is 4.96. The summed E-state index contributed by atoms with van der Waals surface area (Å²) >= 11 is 6.00. The minimum Gasteiger partial charge on any atom is -0.368 e. The van der Waals surface area contributed by atoms with Gasteiger partial charge in [-0.2, -0.15) is 0 Å². The second kappa shape index (κ2) is 8.55. The maximum Gasteiger partial charge on any atom is 0.268 e. The average molecular weight is 450 g/mol.